The minimum Gasteiger partial charge on any atom is -0.339 e. The predicted octanol–water partition coefficient (Wildman–Crippen LogP) is 4.97. The topological polar surface area (TPSA) is 120 Å². The first-order chi connectivity index (χ1) is 21.4. The van der Waals surface area contributed by atoms with Crippen molar-refractivity contribution in [2.24, 2.45) is 0 Å². The van der Waals surface area contributed by atoms with E-state index in [1.165, 1.54) is 34.7 Å². The summed E-state index contributed by atoms with van der Waals surface area (Å²) < 4.78 is 55.7. The van der Waals surface area contributed by atoms with E-state index in [0.717, 1.165) is 24.3 Å². The van der Waals surface area contributed by atoms with Crippen molar-refractivity contribution in [3.05, 3.63) is 113 Å². The molecule has 3 amide bonds. The van der Waals surface area contributed by atoms with Crippen molar-refractivity contribution in [2.45, 2.75) is 38.0 Å². The molecule has 5 rings (SSSR count). The Hall–Kier alpha value is -5.51. The molecule has 13 heteroatoms. The summed E-state index contributed by atoms with van der Waals surface area (Å²) in [7, 11) is 0. The number of para-hydroxylation sites is 1. The molecule has 0 unspecified atom stereocenters. The number of alkyl halides is 3. The van der Waals surface area contributed by atoms with Gasteiger partial charge in [-0.05, 0) is 61.9 Å². The number of aromatic nitrogens is 2. The molecule has 9 nitrogen and oxygen atoms in total. The average Bonchev–Trinajstić information content (AvgIpc) is 3.42. The SMILES string of the molecule is CCN1C(=O)[C@@H](NC(=O)c2cccc(C(F)(F)F)c2)[C@@H](c2ccc(F)cc2)c2c(C(=O)N[C@@H](C)C#N)nn(-c3ccccc3)c21. The summed E-state index contributed by atoms with van der Waals surface area (Å²) in [5, 5.41) is 19.1. The number of nitrogens with zero attached hydrogens (tertiary/aromatic N) is 4. The number of nitriles is 1. The second-order valence-corrected chi connectivity index (χ2v) is 10.3. The number of hydrogen-bond donors (Lipinski definition) is 2. The van der Waals surface area contributed by atoms with Crippen molar-refractivity contribution in [3.8, 4) is 11.8 Å². The zero-order valence-corrected chi connectivity index (χ0v) is 24.0. The van der Waals surface area contributed by atoms with Gasteiger partial charge in [0.25, 0.3) is 17.7 Å². The molecule has 45 heavy (non-hydrogen) atoms. The number of nitrogens with one attached hydrogen (secondary N) is 2. The lowest BCUT2D eigenvalue weighted by molar-refractivity contribution is -0.137. The fraction of sp³-hybridized carbons (Fsp3) is 0.219. The van der Waals surface area contributed by atoms with E-state index >= 15 is 0 Å². The summed E-state index contributed by atoms with van der Waals surface area (Å²) in [6.45, 7) is 3.20. The summed E-state index contributed by atoms with van der Waals surface area (Å²) in [6.07, 6.45) is -4.71. The highest BCUT2D eigenvalue weighted by atomic mass is 19.4. The second-order valence-electron chi connectivity index (χ2n) is 10.3. The van der Waals surface area contributed by atoms with E-state index < -0.39 is 53.3 Å². The Bertz CT molecular complexity index is 1800. The maximum Gasteiger partial charge on any atom is 0.416 e. The molecule has 230 valence electrons. The van der Waals surface area contributed by atoms with Gasteiger partial charge in [-0.25, -0.2) is 9.07 Å². The number of anilines is 1. The highest BCUT2D eigenvalue weighted by Gasteiger charge is 2.47. The Labute approximate surface area is 255 Å². The highest BCUT2D eigenvalue weighted by Crippen LogP contribution is 2.44. The third-order valence-corrected chi connectivity index (χ3v) is 7.37. The highest BCUT2D eigenvalue weighted by molar-refractivity contribution is 6.07. The van der Waals surface area contributed by atoms with Crippen LogP contribution in [-0.4, -0.2) is 46.1 Å². The van der Waals surface area contributed by atoms with Crippen LogP contribution in [0.3, 0.4) is 0 Å². The van der Waals surface area contributed by atoms with Crippen LogP contribution >= 0.6 is 0 Å². The van der Waals surface area contributed by atoms with Crippen molar-refractivity contribution in [2.75, 3.05) is 11.4 Å². The summed E-state index contributed by atoms with van der Waals surface area (Å²) in [4.78, 5) is 42.6. The largest absolute Gasteiger partial charge is 0.416 e. The molecule has 1 aromatic heterocycles. The third kappa shape index (κ3) is 5.99. The van der Waals surface area contributed by atoms with Crippen molar-refractivity contribution in [3.63, 3.8) is 0 Å². The van der Waals surface area contributed by atoms with Crippen LogP contribution in [0.5, 0.6) is 0 Å². The van der Waals surface area contributed by atoms with Crippen LogP contribution in [0.1, 0.15) is 57.3 Å². The molecule has 0 aliphatic carbocycles. The van der Waals surface area contributed by atoms with E-state index in [1.54, 1.807) is 37.3 Å². The van der Waals surface area contributed by atoms with E-state index in [2.05, 4.69) is 15.7 Å². The number of benzene rings is 3. The van der Waals surface area contributed by atoms with Crippen LogP contribution in [0, 0.1) is 17.1 Å². The lowest BCUT2D eigenvalue weighted by Crippen LogP contribution is -2.55. The van der Waals surface area contributed by atoms with Gasteiger partial charge in [0.2, 0.25) is 0 Å². The molecular weight excluding hydrogens is 592 g/mol. The molecule has 3 atom stereocenters. The molecule has 0 fully saturated rings. The van der Waals surface area contributed by atoms with Crippen LogP contribution in [0.15, 0.2) is 78.9 Å². The summed E-state index contributed by atoms with van der Waals surface area (Å²) in [6, 6.07) is 17.0. The van der Waals surface area contributed by atoms with Crippen molar-refractivity contribution < 1.29 is 31.9 Å². The van der Waals surface area contributed by atoms with Crippen LogP contribution in [0.25, 0.3) is 5.69 Å². The molecule has 3 aromatic carbocycles. The van der Waals surface area contributed by atoms with E-state index in [4.69, 9.17) is 0 Å². The van der Waals surface area contributed by atoms with Gasteiger partial charge in [0.05, 0.1) is 17.3 Å². The monoisotopic (exact) mass is 618 g/mol. The zero-order chi connectivity index (χ0) is 32.5. The molecule has 4 aromatic rings. The van der Waals surface area contributed by atoms with E-state index in [-0.39, 0.29) is 29.2 Å². The van der Waals surface area contributed by atoms with Crippen LogP contribution < -0.4 is 15.5 Å². The minimum atomic E-state index is -4.71. The molecule has 0 bridgehead atoms. The molecule has 1 aliphatic rings. The maximum absolute atomic E-state index is 14.2. The minimum absolute atomic E-state index is 0.0616. The molecule has 0 radical (unpaired) electrons. The normalized spacial score (nSPS) is 16.8. The Morgan fingerprint density at radius 1 is 1.02 bits per heavy atom. The first kappa shape index (κ1) is 30.9. The first-order valence-corrected chi connectivity index (χ1v) is 13.9. The number of halogens is 4. The fourth-order valence-corrected chi connectivity index (χ4v) is 5.30. The predicted molar refractivity (Wildman–Crippen MR) is 155 cm³/mol. The van der Waals surface area contributed by atoms with Crippen molar-refractivity contribution in [1.82, 2.24) is 20.4 Å². The summed E-state index contributed by atoms with van der Waals surface area (Å²) in [5.41, 5.74) is -0.529. The van der Waals surface area contributed by atoms with E-state index in [0.29, 0.717) is 17.3 Å². The van der Waals surface area contributed by atoms with Gasteiger partial charge in [0.15, 0.2) is 5.69 Å². The van der Waals surface area contributed by atoms with Crippen LogP contribution in [-0.2, 0) is 11.0 Å². The number of amides is 3. The number of fused-ring (bicyclic) bond motifs is 1. The maximum atomic E-state index is 14.2. The molecule has 2 N–H and O–H groups in total. The standard InChI is InChI=1S/C32H26F4N6O3/c1-3-41-30-25(26(29(44)38-18(2)17-37)40-42(30)23-10-5-4-6-11-23)24(19-12-14-22(33)15-13-19)27(31(41)45)39-28(43)20-8-7-9-21(16-20)32(34,35)36/h4-16,18,24,27H,3H2,1-2H3,(H,38,44)(H,39,43)/t18-,24-,27-/m0/s1. The Morgan fingerprint density at radius 2 is 1.71 bits per heavy atom. The van der Waals surface area contributed by atoms with E-state index in [1.807, 2.05) is 6.07 Å². The second kappa shape index (κ2) is 12.2. The molecule has 1 aliphatic heterocycles. The van der Waals surface area contributed by atoms with Crippen LogP contribution in [0.2, 0.25) is 0 Å². The van der Waals surface area contributed by atoms with Gasteiger partial charge in [-0.15, -0.1) is 0 Å². The fourth-order valence-electron chi connectivity index (χ4n) is 5.30. The van der Waals surface area contributed by atoms with Gasteiger partial charge < -0.3 is 10.6 Å². The third-order valence-electron chi connectivity index (χ3n) is 7.37. The Morgan fingerprint density at radius 3 is 2.33 bits per heavy atom. The lowest BCUT2D eigenvalue weighted by atomic mass is 9.80. The number of rotatable bonds is 7. The molecular formula is C32H26F4N6O3. The number of carbonyl (C=O) groups excluding carboxylic acids is 3. The average molecular weight is 619 g/mol. The van der Waals surface area contributed by atoms with Gasteiger partial charge >= 0.3 is 6.18 Å². The lowest BCUT2D eigenvalue weighted by Gasteiger charge is -2.38. The summed E-state index contributed by atoms with van der Waals surface area (Å²) in [5.74, 6) is -3.85. The number of carbonyl (C=O) groups is 3. The van der Waals surface area contributed by atoms with Gasteiger partial charge in [0.1, 0.15) is 23.7 Å². The molecule has 2 heterocycles. The molecule has 0 spiro atoms. The quantitative estimate of drug-likeness (QED) is 0.284. The Balaban J connectivity index is 1.73. The molecule has 0 saturated carbocycles. The molecule has 0 saturated heterocycles. The van der Waals surface area contributed by atoms with Gasteiger partial charge in [-0.2, -0.15) is 23.5 Å². The first-order valence-electron chi connectivity index (χ1n) is 13.9. The number of likely N-dealkylation sites (N-methyl/N-ethyl adjacent to an activating group) is 1. The van der Waals surface area contributed by atoms with Crippen LogP contribution in [0.4, 0.5) is 23.4 Å². The van der Waals surface area contributed by atoms with Crippen molar-refractivity contribution >= 4 is 23.5 Å². The smallest absolute Gasteiger partial charge is 0.339 e. The van der Waals surface area contributed by atoms with Gasteiger partial charge in [0, 0.05) is 23.6 Å². The van der Waals surface area contributed by atoms with Crippen molar-refractivity contribution in [1.29, 1.82) is 5.26 Å². The number of hydrogen-bond acceptors (Lipinski definition) is 5. The zero-order valence-electron chi connectivity index (χ0n) is 24.0. The van der Waals surface area contributed by atoms with Gasteiger partial charge in [-0.3, -0.25) is 19.3 Å². The summed E-state index contributed by atoms with van der Waals surface area (Å²) >= 11 is 0. The Kier molecular flexibility index (Phi) is 8.41. The van der Waals surface area contributed by atoms with E-state index in [9.17, 15) is 37.2 Å². The van der Waals surface area contributed by atoms with Gasteiger partial charge in [-0.1, -0.05) is 36.4 Å².